The Balaban J connectivity index is 2.47. The summed E-state index contributed by atoms with van der Waals surface area (Å²) in [4.78, 5) is 0.262. The first-order chi connectivity index (χ1) is 9.37. The van der Waals surface area contributed by atoms with E-state index in [9.17, 15) is 8.42 Å². The van der Waals surface area contributed by atoms with Crippen LogP contribution in [0.25, 0.3) is 0 Å². The number of nitrogens with zero attached hydrogens (tertiary/aromatic N) is 2. The van der Waals surface area contributed by atoms with E-state index in [0.717, 1.165) is 12.8 Å². The SMILES string of the molecule is Cc1ccc(C#N)cc1S(=O)(=O)N1CCCC(C)C1C. The smallest absolute Gasteiger partial charge is 0.207 e. The van der Waals surface area contributed by atoms with E-state index < -0.39 is 10.0 Å². The maximum Gasteiger partial charge on any atom is 0.243 e. The van der Waals surface area contributed by atoms with Crippen LogP contribution < -0.4 is 0 Å². The van der Waals surface area contributed by atoms with Crippen molar-refractivity contribution in [3.05, 3.63) is 29.3 Å². The monoisotopic (exact) mass is 292 g/mol. The number of sulfonamides is 1. The highest BCUT2D eigenvalue weighted by atomic mass is 32.2. The number of nitriles is 1. The number of hydrogen-bond donors (Lipinski definition) is 0. The topological polar surface area (TPSA) is 61.2 Å². The molecule has 2 rings (SSSR count). The summed E-state index contributed by atoms with van der Waals surface area (Å²) in [6.45, 7) is 6.38. The number of rotatable bonds is 2. The van der Waals surface area contributed by atoms with Crippen LogP contribution in [0.15, 0.2) is 23.1 Å². The summed E-state index contributed by atoms with van der Waals surface area (Å²) in [6.07, 6.45) is 1.95. The largest absolute Gasteiger partial charge is 0.243 e. The predicted octanol–water partition coefficient (Wildman–Crippen LogP) is 2.68. The maximum absolute atomic E-state index is 12.8. The highest BCUT2D eigenvalue weighted by Gasteiger charge is 2.35. The molecule has 1 heterocycles. The Morgan fingerprint density at radius 2 is 2.05 bits per heavy atom. The van der Waals surface area contributed by atoms with Crippen LogP contribution >= 0.6 is 0 Å². The van der Waals surface area contributed by atoms with E-state index in [-0.39, 0.29) is 10.9 Å². The van der Waals surface area contributed by atoms with Gasteiger partial charge in [0.25, 0.3) is 0 Å². The number of benzene rings is 1. The second-order valence-electron chi connectivity index (χ2n) is 5.57. The molecule has 1 saturated heterocycles. The van der Waals surface area contributed by atoms with Gasteiger partial charge >= 0.3 is 0 Å². The fourth-order valence-corrected chi connectivity index (χ4v) is 4.73. The van der Waals surface area contributed by atoms with E-state index in [4.69, 9.17) is 5.26 Å². The summed E-state index contributed by atoms with van der Waals surface area (Å²) in [5.74, 6) is 0.359. The Morgan fingerprint density at radius 3 is 2.70 bits per heavy atom. The molecule has 0 spiro atoms. The van der Waals surface area contributed by atoms with Gasteiger partial charge in [-0.25, -0.2) is 8.42 Å². The van der Waals surface area contributed by atoms with Gasteiger partial charge in [0.15, 0.2) is 0 Å². The normalized spacial score (nSPS) is 24.3. The molecule has 0 saturated carbocycles. The molecule has 1 aromatic carbocycles. The van der Waals surface area contributed by atoms with Crippen molar-refractivity contribution >= 4 is 10.0 Å². The van der Waals surface area contributed by atoms with E-state index in [1.54, 1.807) is 23.4 Å². The van der Waals surface area contributed by atoms with Crippen LogP contribution in [0.1, 0.15) is 37.8 Å². The van der Waals surface area contributed by atoms with Gasteiger partial charge in [0.1, 0.15) is 0 Å². The van der Waals surface area contributed by atoms with Crippen molar-refractivity contribution in [2.75, 3.05) is 6.54 Å². The third-order valence-electron chi connectivity index (χ3n) is 4.22. The highest BCUT2D eigenvalue weighted by Crippen LogP contribution is 2.30. The quantitative estimate of drug-likeness (QED) is 0.842. The predicted molar refractivity (Wildman–Crippen MR) is 77.6 cm³/mol. The van der Waals surface area contributed by atoms with Gasteiger partial charge in [-0.05, 0) is 50.3 Å². The Labute approximate surface area is 121 Å². The van der Waals surface area contributed by atoms with Crippen molar-refractivity contribution in [1.29, 1.82) is 5.26 Å². The van der Waals surface area contributed by atoms with Crippen LogP contribution in [0.4, 0.5) is 0 Å². The van der Waals surface area contributed by atoms with Gasteiger partial charge < -0.3 is 0 Å². The third kappa shape index (κ3) is 2.58. The van der Waals surface area contributed by atoms with Gasteiger partial charge in [-0.15, -0.1) is 0 Å². The van der Waals surface area contributed by atoms with Crippen molar-refractivity contribution in [2.45, 2.75) is 44.6 Å². The number of piperidine rings is 1. The molecule has 5 heteroatoms. The molecule has 0 aromatic heterocycles. The molecule has 1 fully saturated rings. The molecule has 0 N–H and O–H groups in total. The summed E-state index contributed by atoms with van der Waals surface area (Å²) >= 11 is 0. The van der Waals surface area contributed by atoms with E-state index in [2.05, 4.69) is 6.92 Å². The molecular weight excluding hydrogens is 272 g/mol. The van der Waals surface area contributed by atoms with E-state index in [1.165, 1.54) is 6.07 Å². The number of hydrogen-bond acceptors (Lipinski definition) is 3. The molecule has 1 aromatic rings. The van der Waals surface area contributed by atoms with Gasteiger partial charge in [-0.3, -0.25) is 0 Å². The molecule has 0 radical (unpaired) electrons. The Hall–Kier alpha value is -1.38. The lowest BCUT2D eigenvalue weighted by atomic mass is 9.94. The fourth-order valence-electron chi connectivity index (χ4n) is 2.71. The van der Waals surface area contributed by atoms with Crippen LogP contribution in [0.5, 0.6) is 0 Å². The summed E-state index contributed by atoms with van der Waals surface area (Å²) in [6, 6.07) is 6.84. The Morgan fingerprint density at radius 1 is 1.35 bits per heavy atom. The standard InChI is InChI=1S/C15H20N2O2S/c1-11-5-4-8-17(13(11)3)20(18,19)15-9-14(10-16)7-6-12(15)2/h6-7,9,11,13H,4-5,8H2,1-3H3. The average Bonchev–Trinajstić information content (AvgIpc) is 2.42. The van der Waals surface area contributed by atoms with Crippen LogP contribution in [0.3, 0.4) is 0 Å². The molecule has 1 aliphatic rings. The Kier molecular flexibility index (Phi) is 4.17. The summed E-state index contributed by atoms with van der Waals surface area (Å²) in [5, 5.41) is 8.96. The fraction of sp³-hybridized carbons (Fsp3) is 0.533. The van der Waals surface area contributed by atoms with Crippen LogP contribution in [0, 0.1) is 24.2 Å². The van der Waals surface area contributed by atoms with E-state index in [1.807, 2.05) is 13.0 Å². The minimum atomic E-state index is -3.53. The van der Waals surface area contributed by atoms with Crippen molar-refractivity contribution in [1.82, 2.24) is 4.31 Å². The minimum Gasteiger partial charge on any atom is -0.207 e. The second-order valence-corrected chi connectivity index (χ2v) is 7.43. The van der Waals surface area contributed by atoms with E-state index in [0.29, 0.717) is 23.6 Å². The van der Waals surface area contributed by atoms with Crippen molar-refractivity contribution in [2.24, 2.45) is 5.92 Å². The van der Waals surface area contributed by atoms with E-state index >= 15 is 0 Å². The zero-order valence-electron chi connectivity index (χ0n) is 12.1. The lowest BCUT2D eigenvalue weighted by molar-refractivity contribution is 0.202. The summed E-state index contributed by atoms with van der Waals surface area (Å²) < 4.78 is 27.3. The second kappa shape index (κ2) is 5.55. The molecule has 2 unspecified atom stereocenters. The molecule has 4 nitrogen and oxygen atoms in total. The zero-order chi connectivity index (χ0) is 14.9. The summed E-state index contributed by atoms with van der Waals surface area (Å²) in [5.41, 5.74) is 1.07. The molecule has 1 aliphatic heterocycles. The van der Waals surface area contributed by atoms with Crippen LogP contribution in [0.2, 0.25) is 0 Å². The van der Waals surface area contributed by atoms with Crippen LogP contribution in [-0.4, -0.2) is 25.3 Å². The lowest BCUT2D eigenvalue weighted by Gasteiger charge is -2.37. The zero-order valence-corrected chi connectivity index (χ0v) is 12.9. The molecule has 2 atom stereocenters. The molecule has 0 bridgehead atoms. The molecular formula is C15H20N2O2S. The first-order valence-electron chi connectivity index (χ1n) is 6.90. The van der Waals surface area contributed by atoms with Crippen molar-refractivity contribution in [3.8, 4) is 6.07 Å². The maximum atomic E-state index is 12.8. The highest BCUT2D eigenvalue weighted by molar-refractivity contribution is 7.89. The summed E-state index contributed by atoms with van der Waals surface area (Å²) in [7, 11) is -3.53. The molecule has 108 valence electrons. The molecule has 20 heavy (non-hydrogen) atoms. The first kappa shape index (κ1) is 15.0. The van der Waals surface area contributed by atoms with Gasteiger partial charge in [0.2, 0.25) is 10.0 Å². The van der Waals surface area contributed by atoms with Crippen LogP contribution in [-0.2, 0) is 10.0 Å². The van der Waals surface area contributed by atoms with Crippen molar-refractivity contribution < 1.29 is 8.42 Å². The van der Waals surface area contributed by atoms with Gasteiger partial charge in [0, 0.05) is 12.6 Å². The van der Waals surface area contributed by atoms with Crippen molar-refractivity contribution in [3.63, 3.8) is 0 Å². The Bertz CT molecular complexity index is 646. The average molecular weight is 292 g/mol. The van der Waals surface area contributed by atoms with Gasteiger partial charge in [0.05, 0.1) is 16.5 Å². The molecule has 0 amide bonds. The van der Waals surface area contributed by atoms with Gasteiger partial charge in [-0.2, -0.15) is 9.57 Å². The number of aryl methyl sites for hydroxylation is 1. The van der Waals surface area contributed by atoms with Gasteiger partial charge in [-0.1, -0.05) is 13.0 Å². The minimum absolute atomic E-state index is 0.00103. The third-order valence-corrected chi connectivity index (χ3v) is 6.35. The first-order valence-corrected chi connectivity index (χ1v) is 8.34. The lowest BCUT2D eigenvalue weighted by Crippen LogP contribution is -2.46. The molecule has 0 aliphatic carbocycles.